The molecule has 1 saturated heterocycles. The average Bonchev–Trinajstić information content (AvgIpc) is 2.40. The van der Waals surface area contributed by atoms with E-state index in [1.807, 2.05) is 11.8 Å². The molecule has 0 spiro atoms. The fraction of sp³-hybridized carbons (Fsp3) is 0.600. The zero-order valence-corrected chi connectivity index (χ0v) is 12.6. The third-order valence-corrected chi connectivity index (χ3v) is 4.92. The summed E-state index contributed by atoms with van der Waals surface area (Å²) in [6.07, 6.45) is 4.88. The molecule has 1 aromatic carbocycles. The Morgan fingerprint density at radius 3 is 2.39 bits per heavy atom. The molecule has 2 N–H and O–H groups in total. The van der Waals surface area contributed by atoms with Crippen molar-refractivity contribution in [2.75, 3.05) is 33.4 Å². The van der Waals surface area contributed by atoms with Gasteiger partial charge in [0.15, 0.2) is 0 Å². The van der Waals surface area contributed by atoms with Crippen LogP contribution in [0.3, 0.4) is 0 Å². The Morgan fingerprint density at radius 1 is 1.22 bits per heavy atom. The molecule has 2 rings (SSSR count). The van der Waals surface area contributed by atoms with Crippen molar-refractivity contribution in [1.29, 1.82) is 0 Å². The third kappa shape index (κ3) is 3.74. The molecule has 0 radical (unpaired) electrons. The second kappa shape index (κ2) is 6.60. The van der Waals surface area contributed by atoms with Gasteiger partial charge < -0.3 is 9.80 Å². The fourth-order valence-corrected chi connectivity index (χ4v) is 3.22. The second-order valence-electron chi connectivity index (χ2n) is 5.60. The molecule has 1 aliphatic rings. The first-order valence-corrected chi connectivity index (χ1v) is 8.18. The fourth-order valence-electron chi connectivity index (χ4n) is 2.81. The van der Waals surface area contributed by atoms with E-state index in [0.717, 1.165) is 6.04 Å². The second-order valence-corrected chi connectivity index (χ2v) is 6.48. The van der Waals surface area contributed by atoms with E-state index < -0.39 is 0 Å². The molecule has 1 heterocycles. The number of thioether (sulfide) groups is 1. The summed E-state index contributed by atoms with van der Waals surface area (Å²) in [7, 11) is 4.67. The highest BCUT2D eigenvalue weighted by Crippen LogP contribution is 2.14. The summed E-state index contributed by atoms with van der Waals surface area (Å²) in [6, 6.07) is 9.91. The Labute approximate surface area is 115 Å². The first-order valence-electron chi connectivity index (χ1n) is 6.95. The topological polar surface area (TPSA) is 8.88 Å². The van der Waals surface area contributed by atoms with Crippen molar-refractivity contribution < 1.29 is 9.80 Å². The largest absolute Gasteiger partial charge is 0.337 e. The molecular weight excluding hydrogens is 240 g/mol. The average molecular weight is 266 g/mol. The van der Waals surface area contributed by atoms with Crippen molar-refractivity contribution in [1.82, 2.24) is 0 Å². The van der Waals surface area contributed by atoms with Gasteiger partial charge >= 0.3 is 0 Å². The van der Waals surface area contributed by atoms with Crippen LogP contribution in [0.1, 0.15) is 18.4 Å². The van der Waals surface area contributed by atoms with E-state index in [1.165, 1.54) is 42.9 Å². The molecule has 100 valence electrons. The van der Waals surface area contributed by atoms with Crippen molar-refractivity contribution in [2.45, 2.75) is 30.3 Å². The van der Waals surface area contributed by atoms with Gasteiger partial charge in [-0.2, -0.15) is 0 Å². The predicted molar refractivity (Wildman–Crippen MR) is 78.5 cm³/mol. The third-order valence-electron chi connectivity index (χ3n) is 4.18. The van der Waals surface area contributed by atoms with Crippen LogP contribution in [0.15, 0.2) is 29.2 Å². The summed E-state index contributed by atoms with van der Waals surface area (Å²) in [4.78, 5) is 4.74. The van der Waals surface area contributed by atoms with E-state index in [9.17, 15) is 0 Å². The molecular formula is C15H26N2S+2. The van der Waals surface area contributed by atoms with Crippen molar-refractivity contribution in [3.8, 4) is 0 Å². The number of likely N-dealkylation sites (tertiary alicyclic amines) is 1. The molecule has 1 fully saturated rings. The summed E-state index contributed by atoms with van der Waals surface area (Å²) in [5.41, 5.74) is 1.47. The van der Waals surface area contributed by atoms with Crippen LogP contribution in [-0.4, -0.2) is 39.5 Å². The Kier molecular flexibility index (Phi) is 5.10. The molecule has 2 nitrogen and oxygen atoms in total. The number of hydrogen-bond acceptors (Lipinski definition) is 1. The Hall–Kier alpha value is -0.510. The van der Waals surface area contributed by atoms with E-state index in [0.29, 0.717) is 0 Å². The van der Waals surface area contributed by atoms with E-state index in [2.05, 4.69) is 44.6 Å². The van der Waals surface area contributed by atoms with Crippen LogP contribution >= 0.6 is 11.8 Å². The predicted octanol–water partition coefficient (Wildman–Crippen LogP) is 0.100. The molecule has 1 aliphatic heterocycles. The first kappa shape index (κ1) is 13.9. The van der Waals surface area contributed by atoms with Crippen molar-refractivity contribution >= 4 is 11.8 Å². The van der Waals surface area contributed by atoms with Gasteiger partial charge in [0.1, 0.15) is 6.54 Å². The summed E-state index contributed by atoms with van der Waals surface area (Å²) >= 11 is 1.82. The molecule has 0 bridgehead atoms. The van der Waals surface area contributed by atoms with Crippen LogP contribution in [0.25, 0.3) is 0 Å². The highest BCUT2D eigenvalue weighted by Gasteiger charge is 2.25. The molecule has 3 heteroatoms. The molecule has 0 aromatic heterocycles. The number of rotatable bonds is 4. The van der Waals surface area contributed by atoms with Crippen LogP contribution in [0.5, 0.6) is 0 Å². The lowest BCUT2D eigenvalue weighted by Gasteiger charge is -2.30. The van der Waals surface area contributed by atoms with Crippen LogP contribution in [0.4, 0.5) is 0 Å². The normalized spacial score (nSPS) is 25.9. The summed E-state index contributed by atoms with van der Waals surface area (Å²) in [5.74, 6) is 0. The molecule has 1 aromatic rings. The number of piperidine rings is 1. The standard InChI is InChI=1S/C15H24N2S/c1-16-10-8-14(9-11-16)17(2)12-13-4-6-15(18-3)7-5-13/h4-7,14H,8-12H2,1-3H3/p+2. The van der Waals surface area contributed by atoms with Gasteiger partial charge in [-0.05, 0) is 18.4 Å². The van der Waals surface area contributed by atoms with E-state index in [4.69, 9.17) is 0 Å². The Morgan fingerprint density at radius 2 is 1.83 bits per heavy atom. The lowest BCUT2D eigenvalue weighted by atomic mass is 10.0. The van der Waals surface area contributed by atoms with Gasteiger partial charge in [-0.1, -0.05) is 12.1 Å². The van der Waals surface area contributed by atoms with Gasteiger partial charge in [-0.3, -0.25) is 0 Å². The molecule has 0 saturated carbocycles. The number of hydrogen-bond donors (Lipinski definition) is 2. The lowest BCUT2D eigenvalue weighted by Crippen LogP contribution is -3.17. The van der Waals surface area contributed by atoms with Crippen molar-refractivity contribution in [3.05, 3.63) is 29.8 Å². The number of quaternary nitrogens is 2. The van der Waals surface area contributed by atoms with E-state index in [1.54, 1.807) is 9.80 Å². The van der Waals surface area contributed by atoms with Gasteiger partial charge in [0.2, 0.25) is 0 Å². The van der Waals surface area contributed by atoms with Gasteiger partial charge in [0, 0.05) is 23.3 Å². The molecule has 1 unspecified atom stereocenters. The summed E-state index contributed by atoms with van der Waals surface area (Å²) < 4.78 is 0. The smallest absolute Gasteiger partial charge is 0.103 e. The zero-order chi connectivity index (χ0) is 13.0. The maximum Gasteiger partial charge on any atom is 0.103 e. The van der Waals surface area contributed by atoms with Gasteiger partial charge in [-0.15, -0.1) is 11.8 Å². The van der Waals surface area contributed by atoms with Gasteiger partial charge in [0.25, 0.3) is 0 Å². The minimum atomic E-state index is 0.855. The van der Waals surface area contributed by atoms with Gasteiger partial charge in [0.05, 0.1) is 33.2 Å². The Bertz CT molecular complexity index is 355. The van der Waals surface area contributed by atoms with Crippen molar-refractivity contribution in [3.63, 3.8) is 0 Å². The minimum absolute atomic E-state index is 0.855. The van der Waals surface area contributed by atoms with E-state index >= 15 is 0 Å². The van der Waals surface area contributed by atoms with Crippen LogP contribution in [0, 0.1) is 0 Å². The molecule has 0 amide bonds. The zero-order valence-electron chi connectivity index (χ0n) is 11.8. The number of nitrogens with one attached hydrogen (secondary N) is 2. The maximum atomic E-state index is 2.35. The molecule has 18 heavy (non-hydrogen) atoms. The monoisotopic (exact) mass is 266 g/mol. The SMILES string of the molecule is CSc1ccc(C[NH+](C)C2CC[NH+](C)CC2)cc1. The first-order chi connectivity index (χ1) is 8.69. The number of benzene rings is 1. The van der Waals surface area contributed by atoms with Crippen LogP contribution in [0.2, 0.25) is 0 Å². The molecule has 1 atom stereocenters. The van der Waals surface area contributed by atoms with Crippen molar-refractivity contribution in [2.24, 2.45) is 0 Å². The quantitative estimate of drug-likeness (QED) is 0.735. The van der Waals surface area contributed by atoms with Crippen LogP contribution in [-0.2, 0) is 6.54 Å². The van der Waals surface area contributed by atoms with Gasteiger partial charge in [-0.25, -0.2) is 0 Å². The minimum Gasteiger partial charge on any atom is -0.337 e. The summed E-state index contributed by atoms with van der Waals surface area (Å²) in [6.45, 7) is 3.85. The van der Waals surface area contributed by atoms with Crippen LogP contribution < -0.4 is 9.80 Å². The highest BCUT2D eigenvalue weighted by molar-refractivity contribution is 7.98. The highest BCUT2D eigenvalue weighted by atomic mass is 32.2. The Balaban J connectivity index is 1.87. The lowest BCUT2D eigenvalue weighted by molar-refractivity contribution is -0.948. The maximum absolute atomic E-state index is 2.35. The molecule has 0 aliphatic carbocycles. The van der Waals surface area contributed by atoms with E-state index in [-0.39, 0.29) is 0 Å². The summed E-state index contributed by atoms with van der Waals surface area (Å²) in [5, 5.41) is 0.